The smallest absolute Gasteiger partial charge is 0.407 e. The zero-order chi connectivity index (χ0) is 14.3. The lowest BCUT2D eigenvalue weighted by molar-refractivity contribution is -0.130. The van der Waals surface area contributed by atoms with E-state index in [9.17, 15) is 9.59 Å². The Balaban J connectivity index is 3.74. The fraction of sp³-hybridized carbons (Fsp3) is 0.833. The molecule has 0 aromatic heterocycles. The summed E-state index contributed by atoms with van der Waals surface area (Å²) in [6.07, 6.45) is -0.448. The molecule has 0 aliphatic carbocycles. The quantitative estimate of drug-likeness (QED) is 0.708. The van der Waals surface area contributed by atoms with Crippen LogP contribution in [-0.4, -0.2) is 55.7 Å². The van der Waals surface area contributed by atoms with E-state index in [1.165, 1.54) is 4.90 Å². The zero-order valence-electron chi connectivity index (χ0n) is 12.2. The van der Waals surface area contributed by atoms with Crippen molar-refractivity contribution in [3.8, 4) is 0 Å². The van der Waals surface area contributed by atoms with E-state index in [1.807, 2.05) is 20.8 Å². The minimum atomic E-state index is -0.494. The molecule has 0 fully saturated rings. The normalized spacial score (nSPS) is 12.8. The van der Waals surface area contributed by atoms with Gasteiger partial charge in [0.1, 0.15) is 5.60 Å². The molecule has 6 heteroatoms. The largest absolute Gasteiger partial charge is 0.444 e. The standard InChI is InChI=1S/C12H25N3O3/c1-9(10(16)15(5)6)13-7-8-14-11(17)18-12(2,3)4/h9,13H,7-8H2,1-6H3,(H,14,17). The van der Waals surface area contributed by atoms with E-state index in [1.54, 1.807) is 21.0 Å². The molecule has 0 bridgehead atoms. The van der Waals surface area contributed by atoms with Crippen molar-refractivity contribution < 1.29 is 14.3 Å². The molecular weight excluding hydrogens is 234 g/mol. The van der Waals surface area contributed by atoms with Gasteiger partial charge in [-0.15, -0.1) is 0 Å². The molecule has 18 heavy (non-hydrogen) atoms. The van der Waals surface area contributed by atoms with Crippen molar-refractivity contribution in [2.75, 3.05) is 27.2 Å². The Hall–Kier alpha value is -1.30. The van der Waals surface area contributed by atoms with Crippen molar-refractivity contribution in [2.45, 2.75) is 39.3 Å². The van der Waals surface area contributed by atoms with Crippen LogP contribution in [0.5, 0.6) is 0 Å². The number of alkyl carbamates (subject to hydrolysis) is 1. The Morgan fingerprint density at radius 1 is 1.22 bits per heavy atom. The van der Waals surface area contributed by atoms with Gasteiger partial charge in [0, 0.05) is 27.2 Å². The van der Waals surface area contributed by atoms with Gasteiger partial charge in [0.05, 0.1) is 6.04 Å². The first kappa shape index (κ1) is 16.7. The van der Waals surface area contributed by atoms with Crippen molar-refractivity contribution >= 4 is 12.0 Å². The van der Waals surface area contributed by atoms with Crippen LogP contribution in [0.4, 0.5) is 4.79 Å². The molecule has 0 heterocycles. The minimum absolute atomic E-state index is 0.00673. The Morgan fingerprint density at radius 3 is 2.22 bits per heavy atom. The highest BCUT2D eigenvalue weighted by molar-refractivity contribution is 5.80. The maximum Gasteiger partial charge on any atom is 0.407 e. The topological polar surface area (TPSA) is 70.7 Å². The molecule has 0 aliphatic rings. The van der Waals surface area contributed by atoms with E-state index in [2.05, 4.69) is 10.6 Å². The molecule has 1 atom stereocenters. The van der Waals surface area contributed by atoms with E-state index in [4.69, 9.17) is 4.74 Å². The van der Waals surface area contributed by atoms with E-state index in [-0.39, 0.29) is 11.9 Å². The predicted octanol–water partition coefficient (Wildman–Crippen LogP) is 0.577. The average molecular weight is 259 g/mol. The first-order chi connectivity index (χ1) is 8.13. The Kier molecular flexibility index (Phi) is 6.68. The lowest BCUT2D eigenvalue weighted by Crippen LogP contribution is -2.44. The molecule has 0 saturated heterocycles. The molecule has 0 aromatic carbocycles. The molecule has 2 N–H and O–H groups in total. The van der Waals surface area contributed by atoms with Crippen LogP contribution in [0.15, 0.2) is 0 Å². The summed E-state index contributed by atoms with van der Waals surface area (Å²) in [6.45, 7) is 8.14. The molecule has 6 nitrogen and oxygen atoms in total. The number of hydrogen-bond donors (Lipinski definition) is 2. The van der Waals surface area contributed by atoms with Crippen molar-refractivity contribution in [2.24, 2.45) is 0 Å². The van der Waals surface area contributed by atoms with Crippen LogP contribution >= 0.6 is 0 Å². The summed E-state index contributed by atoms with van der Waals surface area (Å²) in [5.74, 6) is 0.00673. The molecular formula is C12H25N3O3. The van der Waals surface area contributed by atoms with Gasteiger partial charge in [0.15, 0.2) is 0 Å². The first-order valence-electron chi connectivity index (χ1n) is 6.05. The highest BCUT2D eigenvalue weighted by Crippen LogP contribution is 2.05. The monoisotopic (exact) mass is 259 g/mol. The lowest BCUT2D eigenvalue weighted by atomic mass is 10.2. The lowest BCUT2D eigenvalue weighted by Gasteiger charge is -2.20. The Labute approximate surface area is 109 Å². The minimum Gasteiger partial charge on any atom is -0.444 e. The van der Waals surface area contributed by atoms with Gasteiger partial charge >= 0.3 is 6.09 Å². The van der Waals surface area contributed by atoms with Crippen molar-refractivity contribution in [3.63, 3.8) is 0 Å². The number of rotatable bonds is 5. The maximum absolute atomic E-state index is 11.5. The van der Waals surface area contributed by atoms with Gasteiger partial charge in [-0.3, -0.25) is 4.79 Å². The third kappa shape index (κ3) is 7.89. The Morgan fingerprint density at radius 2 is 1.78 bits per heavy atom. The van der Waals surface area contributed by atoms with Crippen LogP contribution in [0, 0.1) is 0 Å². The highest BCUT2D eigenvalue weighted by atomic mass is 16.6. The highest BCUT2D eigenvalue weighted by Gasteiger charge is 2.16. The molecule has 1 unspecified atom stereocenters. The van der Waals surface area contributed by atoms with Crippen LogP contribution in [0.3, 0.4) is 0 Å². The second-order valence-electron chi connectivity index (χ2n) is 5.34. The predicted molar refractivity (Wildman–Crippen MR) is 70.4 cm³/mol. The van der Waals surface area contributed by atoms with Crippen LogP contribution in [0.1, 0.15) is 27.7 Å². The summed E-state index contributed by atoms with van der Waals surface area (Å²) < 4.78 is 5.08. The first-order valence-corrected chi connectivity index (χ1v) is 6.05. The second-order valence-corrected chi connectivity index (χ2v) is 5.34. The summed E-state index contributed by atoms with van der Waals surface area (Å²) in [4.78, 5) is 24.3. The summed E-state index contributed by atoms with van der Waals surface area (Å²) in [6, 6.07) is -0.263. The SMILES string of the molecule is CC(NCCNC(=O)OC(C)(C)C)C(=O)N(C)C. The van der Waals surface area contributed by atoms with Gasteiger partial charge < -0.3 is 20.3 Å². The summed E-state index contributed by atoms with van der Waals surface area (Å²) in [5, 5.41) is 5.63. The fourth-order valence-corrected chi connectivity index (χ4v) is 1.24. The molecule has 2 amide bonds. The Bertz CT molecular complexity index is 285. The number of nitrogens with zero attached hydrogens (tertiary/aromatic N) is 1. The van der Waals surface area contributed by atoms with Crippen molar-refractivity contribution in [1.82, 2.24) is 15.5 Å². The van der Waals surface area contributed by atoms with Crippen LogP contribution in [0.2, 0.25) is 0 Å². The number of carbonyl (C=O) groups is 2. The number of amides is 2. The molecule has 0 spiro atoms. The van der Waals surface area contributed by atoms with E-state index in [0.717, 1.165) is 0 Å². The summed E-state index contributed by atoms with van der Waals surface area (Å²) in [5.41, 5.74) is -0.494. The van der Waals surface area contributed by atoms with Gasteiger partial charge in [0.25, 0.3) is 0 Å². The van der Waals surface area contributed by atoms with Gasteiger partial charge in [0.2, 0.25) is 5.91 Å². The van der Waals surface area contributed by atoms with E-state index in [0.29, 0.717) is 13.1 Å². The molecule has 0 saturated carbocycles. The number of nitrogens with one attached hydrogen (secondary N) is 2. The van der Waals surface area contributed by atoms with Gasteiger partial charge in [-0.1, -0.05) is 0 Å². The average Bonchev–Trinajstić information content (AvgIpc) is 2.20. The molecule has 106 valence electrons. The fourth-order valence-electron chi connectivity index (χ4n) is 1.24. The van der Waals surface area contributed by atoms with Gasteiger partial charge in [-0.2, -0.15) is 0 Å². The van der Waals surface area contributed by atoms with Crippen LogP contribution in [0.25, 0.3) is 0 Å². The molecule has 0 rings (SSSR count). The third-order valence-electron chi connectivity index (χ3n) is 2.05. The molecule has 0 aromatic rings. The maximum atomic E-state index is 11.5. The summed E-state index contributed by atoms with van der Waals surface area (Å²) >= 11 is 0. The van der Waals surface area contributed by atoms with Crippen molar-refractivity contribution in [1.29, 1.82) is 0 Å². The van der Waals surface area contributed by atoms with Gasteiger partial charge in [-0.25, -0.2) is 4.79 Å². The van der Waals surface area contributed by atoms with Crippen LogP contribution < -0.4 is 10.6 Å². The second kappa shape index (κ2) is 7.20. The third-order valence-corrected chi connectivity index (χ3v) is 2.05. The van der Waals surface area contributed by atoms with Crippen molar-refractivity contribution in [3.05, 3.63) is 0 Å². The number of carbonyl (C=O) groups excluding carboxylic acids is 2. The van der Waals surface area contributed by atoms with E-state index < -0.39 is 11.7 Å². The summed E-state index contributed by atoms with van der Waals surface area (Å²) in [7, 11) is 3.42. The number of ether oxygens (including phenoxy) is 1. The molecule has 0 aliphatic heterocycles. The molecule has 0 radical (unpaired) electrons. The van der Waals surface area contributed by atoms with Crippen LogP contribution in [-0.2, 0) is 9.53 Å². The van der Waals surface area contributed by atoms with E-state index >= 15 is 0 Å². The van der Waals surface area contributed by atoms with Gasteiger partial charge in [-0.05, 0) is 27.7 Å². The zero-order valence-corrected chi connectivity index (χ0v) is 12.2. The number of hydrogen-bond acceptors (Lipinski definition) is 4. The number of likely N-dealkylation sites (N-methyl/N-ethyl adjacent to an activating group) is 1.